The Hall–Kier alpha value is -3.15. The van der Waals surface area contributed by atoms with Gasteiger partial charge in [0.15, 0.2) is 6.10 Å². The zero-order valence-electron chi connectivity index (χ0n) is 41.3. The second-order valence-electron chi connectivity index (χ2n) is 17.4. The Bertz CT molecular complexity index is 1190. The lowest BCUT2D eigenvalue weighted by atomic mass is 10.0. The summed E-state index contributed by atoms with van der Waals surface area (Å²) in [6, 6.07) is 0. The Balaban J connectivity index is 4.47. The molecule has 362 valence electrons. The molecule has 0 aromatic heterocycles. The zero-order valence-corrected chi connectivity index (χ0v) is 41.3. The number of ether oxygens (including phenoxy) is 3. The zero-order chi connectivity index (χ0) is 45.8. The van der Waals surface area contributed by atoms with Crippen LogP contribution in [0.1, 0.15) is 252 Å². The molecule has 0 radical (unpaired) electrons. The van der Waals surface area contributed by atoms with E-state index >= 15 is 0 Å². The van der Waals surface area contributed by atoms with Crippen LogP contribution in [0.25, 0.3) is 0 Å². The summed E-state index contributed by atoms with van der Waals surface area (Å²) < 4.78 is 16.7. The molecule has 0 rings (SSSR count). The van der Waals surface area contributed by atoms with Gasteiger partial charge in [0.25, 0.3) is 0 Å². The molecule has 0 aromatic rings. The Morgan fingerprint density at radius 2 is 0.619 bits per heavy atom. The molecule has 0 bridgehead atoms. The third-order valence-electron chi connectivity index (χ3n) is 11.2. The first-order valence-corrected chi connectivity index (χ1v) is 26.4. The average Bonchev–Trinajstić information content (AvgIpc) is 3.28. The summed E-state index contributed by atoms with van der Waals surface area (Å²) in [6.45, 7) is 6.47. The molecule has 0 aliphatic heterocycles. The summed E-state index contributed by atoms with van der Waals surface area (Å²) in [5.74, 6) is -0.977. The van der Waals surface area contributed by atoms with Crippen LogP contribution in [0.5, 0.6) is 0 Å². The molecule has 0 aliphatic carbocycles. The van der Waals surface area contributed by atoms with Gasteiger partial charge in [-0.25, -0.2) is 0 Å². The number of unbranched alkanes of at least 4 members (excludes halogenated alkanes) is 24. The standard InChI is InChI=1S/C57H98O6/c1-4-7-10-13-16-19-22-25-26-27-28-29-30-33-35-38-41-44-47-50-56(59)62-53-54(63-57(60)51-48-45-42-39-36-32-24-21-18-15-12-9-6-3)52-61-55(58)49-46-43-40-37-34-31-23-20-17-14-11-8-5-2/h7,10,16,19,25-26,28-29,33,35,41,44,54H,4-6,8-9,11-15,17-18,20-24,27,30-32,34,36-40,42-43,45-53H2,1-3H3. The second kappa shape index (κ2) is 51.5. The SMILES string of the molecule is CCC=CCC=CCC=CCC=CCC=CCC=CCCC(=O)OCC(COC(=O)CCCCCCCCCCCCCCC)OC(=O)CCCCCCCCCCCCCCC. The maximum Gasteiger partial charge on any atom is 0.306 e. The van der Waals surface area contributed by atoms with Crippen molar-refractivity contribution >= 4 is 17.9 Å². The third kappa shape index (κ3) is 49.7. The van der Waals surface area contributed by atoms with Gasteiger partial charge in [-0.1, -0.05) is 248 Å². The van der Waals surface area contributed by atoms with E-state index in [1.807, 2.05) is 6.08 Å². The summed E-state index contributed by atoms with van der Waals surface area (Å²) in [5.41, 5.74) is 0. The number of rotatable bonds is 47. The van der Waals surface area contributed by atoms with Gasteiger partial charge in [-0.05, 0) is 57.8 Å². The van der Waals surface area contributed by atoms with Crippen LogP contribution in [-0.4, -0.2) is 37.2 Å². The van der Waals surface area contributed by atoms with Crippen LogP contribution in [0, 0.1) is 0 Å². The van der Waals surface area contributed by atoms with Gasteiger partial charge in [-0.15, -0.1) is 0 Å². The lowest BCUT2D eigenvalue weighted by molar-refractivity contribution is -0.166. The fraction of sp³-hybridized carbons (Fsp3) is 0.737. The Morgan fingerprint density at radius 1 is 0.333 bits per heavy atom. The summed E-state index contributed by atoms with van der Waals surface area (Å²) >= 11 is 0. The molecule has 0 aliphatic rings. The average molecular weight is 879 g/mol. The van der Waals surface area contributed by atoms with Crippen molar-refractivity contribution in [1.82, 2.24) is 0 Å². The largest absolute Gasteiger partial charge is 0.462 e. The van der Waals surface area contributed by atoms with Crippen LogP contribution in [0.3, 0.4) is 0 Å². The fourth-order valence-corrected chi connectivity index (χ4v) is 7.29. The Kier molecular flexibility index (Phi) is 48.9. The van der Waals surface area contributed by atoms with Crippen molar-refractivity contribution in [3.63, 3.8) is 0 Å². The maximum absolute atomic E-state index is 12.8. The van der Waals surface area contributed by atoms with Gasteiger partial charge >= 0.3 is 17.9 Å². The molecule has 63 heavy (non-hydrogen) atoms. The monoisotopic (exact) mass is 879 g/mol. The van der Waals surface area contributed by atoms with E-state index in [4.69, 9.17) is 14.2 Å². The van der Waals surface area contributed by atoms with Gasteiger partial charge in [-0.2, -0.15) is 0 Å². The molecular formula is C57H98O6. The van der Waals surface area contributed by atoms with E-state index in [2.05, 4.69) is 87.6 Å². The smallest absolute Gasteiger partial charge is 0.306 e. The summed E-state index contributed by atoms with van der Waals surface area (Å²) in [5, 5.41) is 0. The van der Waals surface area contributed by atoms with E-state index in [0.717, 1.165) is 77.0 Å². The predicted octanol–water partition coefficient (Wildman–Crippen LogP) is 17.4. The number of esters is 3. The van der Waals surface area contributed by atoms with E-state index in [9.17, 15) is 14.4 Å². The summed E-state index contributed by atoms with van der Waals surface area (Å²) in [6.07, 6.45) is 64.7. The van der Waals surface area contributed by atoms with Crippen molar-refractivity contribution in [3.8, 4) is 0 Å². The van der Waals surface area contributed by atoms with Gasteiger partial charge in [0, 0.05) is 19.3 Å². The molecule has 0 heterocycles. The number of hydrogen-bond donors (Lipinski definition) is 0. The lowest BCUT2D eigenvalue weighted by Gasteiger charge is -2.18. The van der Waals surface area contributed by atoms with Crippen LogP contribution >= 0.6 is 0 Å². The van der Waals surface area contributed by atoms with Crippen molar-refractivity contribution in [3.05, 3.63) is 72.9 Å². The van der Waals surface area contributed by atoms with Crippen molar-refractivity contribution in [2.75, 3.05) is 13.2 Å². The van der Waals surface area contributed by atoms with Gasteiger partial charge in [0.1, 0.15) is 13.2 Å². The van der Waals surface area contributed by atoms with Crippen LogP contribution in [-0.2, 0) is 28.6 Å². The summed E-state index contributed by atoms with van der Waals surface area (Å²) in [7, 11) is 0. The minimum atomic E-state index is -0.801. The number of allylic oxidation sites excluding steroid dienone is 12. The highest BCUT2D eigenvalue weighted by molar-refractivity contribution is 5.71. The van der Waals surface area contributed by atoms with E-state index in [1.54, 1.807) is 0 Å². The highest BCUT2D eigenvalue weighted by Gasteiger charge is 2.19. The predicted molar refractivity (Wildman–Crippen MR) is 270 cm³/mol. The first-order chi connectivity index (χ1) is 31.0. The molecule has 1 unspecified atom stereocenters. The molecule has 0 saturated carbocycles. The van der Waals surface area contributed by atoms with E-state index in [-0.39, 0.29) is 37.5 Å². The summed E-state index contributed by atoms with van der Waals surface area (Å²) in [4.78, 5) is 37.9. The minimum Gasteiger partial charge on any atom is -0.462 e. The third-order valence-corrected chi connectivity index (χ3v) is 11.2. The fourth-order valence-electron chi connectivity index (χ4n) is 7.29. The molecular weight excluding hydrogens is 781 g/mol. The van der Waals surface area contributed by atoms with Crippen LogP contribution < -0.4 is 0 Å². The van der Waals surface area contributed by atoms with Crippen molar-refractivity contribution in [1.29, 1.82) is 0 Å². The highest BCUT2D eigenvalue weighted by Crippen LogP contribution is 2.15. The normalized spacial score (nSPS) is 12.6. The van der Waals surface area contributed by atoms with Crippen LogP contribution in [0.15, 0.2) is 72.9 Å². The topological polar surface area (TPSA) is 78.9 Å². The molecule has 0 amide bonds. The number of carbonyl (C=O) groups excluding carboxylic acids is 3. The van der Waals surface area contributed by atoms with Gasteiger partial charge in [0.05, 0.1) is 0 Å². The van der Waals surface area contributed by atoms with E-state index in [1.165, 1.54) is 128 Å². The van der Waals surface area contributed by atoms with Gasteiger partial charge < -0.3 is 14.2 Å². The molecule has 0 fully saturated rings. The molecule has 0 saturated heterocycles. The number of hydrogen-bond acceptors (Lipinski definition) is 6. The lowest BCUT2D eigenvalue weighted by Crippen LogP contribution is -2.30. The molecule has 6 nitrogen and oxygen atoms in total. The highest BCUT2D eigenvalue weighted by atomic mass is 16.6. The first kappa shape index (κ1) is 59.9. The van der Waals surface area contributed by atoms with Crippen molar-refractivity contribution in [2.45, 2.75) is 258 Å². The second-order valence-corrected chi connectivity index (χ2v) is 17.4. The van der Waals surface area contributed by atoms with Crippen LogP contribution in [0.4, 0.5) is 0 Å². The molecule has 1 atom stereocenters. The van der Waals surface area contributed by atoms with Crippen LogP contribution in [0.2, 0.25) is 0 Å². The number of carbonyl (C=O) groups is 3. The molecule has 0 spiro atoms. The maximum atomic E-state index is 12.8. The first-order valence-electron chi connectivity index (χ1n) is 26.4. The Morgan fingerprint density at radius 3 is 0.968 bits per heavy atom. The molecule has 6 heteroatoms. The van der Waals surface area contributed by atoms with Crippen molar-refractivity contribution in [2.24, 2.45) is 0 Å². The van der Waals surface area contributed by atoms with Gasteiger partial charge in [-0.3, -0.25) is 14.4 Å². The van der Waals surface area contributed by atoms with E-state index < -0.39 is 6.10 Å². The quantitative estimate of drug-likeness (QED) is 0.0262. The molecule has 0 aromatic carbocycles. The van der Waals surface area contributed by atoms with Crippen molar-refractivity contribution < 1.29 is 28.6 Å². The minimum absolute atomic E-state index is 0.0952. The Labute approximate surface area is 389 Å². The van der Waals surface area contributed by atoms with E-state index in [0.29, 0.717) is 19.3 Å². The molecule has 0 N–H and O–H groups in total. The van der Waals surface area contributed by atoms with Gasteiger partial charge in [0.2, 0.25) is 0 Å².